The number of ketones is 1. The van der Waals surface area contributed by atoms with Crippen LogP contribution in [0.5, 0.6) is 5.75 Å². The molecule has 0 saturated heterocycles. The predicted molar refractivity (Wildman–Crippen MR) is 52.6 cm³/mol. The maximum atomic E-state index is 10.6. The van der Waals surface area contributed by atoms with Gasteiger partial charge < -0.3 is 4.74 Å². The Morgan fingerprint density at radius 1 is 1.36 bits per heavy atom. The van der Waals surface area contributed by atoms with Crippen LogP contribution in [-0.2, 0) is 4.79 Å². The summed E-state index contributed by atoms with van der Waals surface area (Å²) >= 11 is 0. The zero-order chi connectivity index (χ0) is 10.4. The van der Waals surface area contributed by atoms with Gasteiger partial charge in [0.25, 0.3) is 0 Å². The van der Waals surface area contributed by atoms with Gasteiger partial charge >= 0.3 is 0 Å². The molecule has 0 aliphatic carbocycles. The molecule has 0 aromatic heterocycles. The van der Waals surface area contributed by atoms with Crippen molar-refractivity contribution < 1.29 is 14.3 Å². The molecule has 0 bridgehead atoms. The third kappa shape index (κ3) is 3.39. The first-order valence-electron chi connectivity index (χ1n) is 4.40. The minimum absolute atomic E-state index is 0.106. The van der Waals surface area contributed by atoms with E-state index in [2.05, 4.69) is 0 Å². The quantitative estimate of drug-likeness (QED) is 0.669. The number of Topliss-reactive ketones (excluding diaryl/α,β-unsaturated/α-hetero) is 1. The van der Waals surface area contributed by atoms with Crippen molar-refractivity contribution in [3.63, 3.8) is 0 Å². The van der Waals surface area contributed by atoms with E-state index in [1.807, 2.05) is 0 Å². The number of aldehydes is 1. The summed E-state index contributed by atoms with van der Waals surface area (Å²) in [5.41, 5.74) is 0.615. The monoisotopic (exact) mass is 192 g/mol. The lowest BCUT2D eigenvalue weighted by Gasteiger charge is -2.03. The summed E-state index contributed by atoms with van der Waals surface area (Å²) < 4.78 is 5.28. The first kappa shape index (κ1) is 10.4. The van der Waals surface area contributed by atoms with E-state index in [-0.39, 0.29) is 5.78 Å². The van der Waals surface area contributed by atoms with Gasteiger partial charge in [0.15, 0.2) is 0 Å². The summed E-state index contributed by atoms with van der Waals surface area (Å²) in [7, 11) is 0. The summed E-state index contributed by atoms with van der Waals surface area (Å²) in [6, 6.07) is 6.78. The van der Waals surface area contributed by atoms with Gasteiger partial charge in [-0.2, -0.15) is 0 Å². The normalized spacial score (nSPS) is 9.50. The van der Waals surface area contributed by atoms with Crippen molar-refractivity contribution in [2.45, 2.75) is 13.3 Å². The standard InChI is InChI=1S/C11H12O3/c1-9(13)6-7-14-11-4-2-10(8-12)3-5-11/h2-5,8H,6-7H2,1H3. The fourth-order valence-corrected chi connectivity index (χ4v) is 0.955. The van der Waals surface area contributed by atoms with E-state index in [1.54, 1.807) is 24.3 Å². The van der Waals surface area contributed by atoms with Gasteiger partial charge in [0, 0.05) is 12.0 Å². The Labute approximate surface area is 82.7 Å². The van der Waals surface area contributed by atoms with Crippen LogP contribution in [-0.4, -0.2) is 18.7 Å². The fourth-order valence-electron chi connectivity index (χ4n) is 0.955. The van der Waals surface area contributed by atoms with Crippen LogP contribution in [0.15, 0.2) is 24.3 Å². The Morgan fingerprint density at radius 2 is 2.00 bits per heavy atom. The number of carbonyl (C=O) groups is 2. The molecule has 0 aliphatic rings. The average molecular weight is 192 g/mol. The maximum Gasteiger partial charge on any atom is 0.150 e. The molecule has 3 heteroatoms. The SMILES string of the molecule is CC(=O)CCOc1ccc(C=O)cc1. The van der Waals surface area contributed by atoms with E-state index in [4.69, 9.17) is 4.74 Å². The van der Waals surface area contributed by atoms with E-state index in [0.29, 0.717) is 24.3 Å². The highest BCUT2D eigenvalue weighted by atomic mass is 16.5. The molecule has 0 amide bonds. The van der Waals surface area contributed by atoms with Crippen LogP contribution in [0.2, 0.25) is 0 Å². The van der Waals surface area contributed by atoms with Crippen molar-refractivity contribution in [3.05, 3.63) is 29.8 Å². The summed E-state index contributed by atoms with van der Waals surface area (Å²) in [6.07, 6.45) is 1.19. The van der Waals surface area contributed by atoms with E-state index >= 15 is 0 Å². The second-order valence-corrected chi connectivity index (χ2v) is 2.99. The van der Waals surface area contributed by atoms with Crippen LogP contribution in [0.4, 0.5) is 0 Å². The Kier molecular flexibility index (Phi) is 3.85. The summed E-state index contributed by atoms with van der Waals surface area (Å²) in [5, 5.41) is 0. The molecule has 0 spiro atoms. The van der Waals surface area contributed by atoms with Gasteiger partial charge in [-0.3, -0.25) is 9.59 Å². The van der Waals surface area contributed by atoms with Crippen molar-refractivity contribution in [2.75, 3.05) is 6.61 Å². The van der Waals surface area contributed by atoms with Gasteiger partial charge in [-0.15, -0.1) is 0 Å². The smallest absolute Gasteiger partial charge is 0.150 e. The lowest BCUT2D eigenvalue weighted by molar-refractivity contribution is -0.117. The number of hydrogen-bond acceptors (Lipinski definition) is 3. The minimum Gasteiger partial charge on any atom is -0.493 e. The Hall–Kier alpha value is -1.64. The molecule has 3 nitrogen and oxygen atoms in total. The largest absolute Gasteiger partial charge is 0.493 e. The van der Waals surface area contributed by atoms with Gasteiger partial charge in [0.2, 0.25) is 0 Å². The van der Waals surface area contributed by atoms with Crippen molar-refractivity contribution in [1.29, 1.82) is 0 Å². The maximum absolute atomic E-state index is 10.6. The van der Waals surface area contributed by atoms with E-state index in [1.165, 1.54) is 6.92 Å². The topological polar surface area (TPSA) is 43.4 Å². The number of rotatable bonds is 5. The third-order valence-electron chi connectivity index (χ3n) is 1.74. The van der Waals surface area contributed by atoms with Gasteiger partial charge in [0.1, 0.15) is 17.8 Å². The molecule has 1 rings (SSSR count). The van der Waals surface area contributed by atoms with Crippen molar-refractivity contribution in [3.8, 4) is 5.75 Å². The molecular formula is C11H12O3. The molecule has 0 radical (unpaired) electrons. The van der Waals surface area contributed by atoms with Crippen LogP contribution in [0.25, 0.3) is 0 Å². The first-order chi connectivity index (χ1) is 6.72. The highest BCUT2D eigenvalue weighted by Crippen LogP contribution is 2.11. The molecule has 0 atom stereocenters. The number of carbonyl (C=O) groups excluding carboxylic acids is 2. The number of benzene rings is 1. The Bertz CT molecular complexity index is 314. The van der Waals surface area contributed by atoms with Gasteiger partial charge in [-0.1, -0.05) is 0 Å². The fraction of sp³-hybridized carbons (Fsp3) is 0.273. The summed E-state index contributed by atoms with van der Waals surface area (Å²) in [4.78, 5) is 20.9. The van der Waals surface area contributed by atoms with E-state index in [9.17, 15) is 9.59 Å². The zero-order valence-electron chi connectivity index (χ0n) is 8.03. The second kappa shape index (κ2) is 5.17. The number of ether oxygens (including phenoxy) is 1. The highest BCUT2D eigenvalue weighted by Gasteiger charge is 1.96. The minimum atomic E-state index is 0.106. The molecule has 0 saturated carbocycles. The lowest BCUT2D eigenvalue weighted by atomic mass is 10.2. The van der Waals surface area contributed by atoms with Crippen LogP contribution in [0.3, 0.4) is 0 Å². The molecule has 74 valence electrons. The molecule has 0 heterocycles. The van der Waals surface area contributed by atoms with Crippen LogP contribution in [0, 0.1) is 0 Å². The molecule has 14 heavy (non-hydrogen) atoms. The molecule has 0 aliphatic heterocycles. The van der Waals surface area contributed by atoms with Crippen molar-refractivity contribution >= 4 is 12.1 Å². The Balaban J connectivity index is 2.43. The predicted octanol–water partition coefficient (Wildman–Crippen LogP) is 1.86. The lowest BCUT2D eigenvalue weighted by Crippen LogP contribution is -2.02. The molecule has 0 unspecified atom stereocenters. The summed E-state index contributed by atoms with van der Waals surface area (Å²) in [5.74, 6) is 0.784. The molecule has 0 N–H and O–H groups in total. The van der Waals surface area contributed by atoms with Crippen molar-refractivity contribution in [1.82, 2.24) is 0 Å². The van der Waals surface area contributed by atoms with Crippen LogP contribution in [0.1, 0.15) is 23.7 Å². The molecule has 1 aromatic rings. The first-order valence-corrected chi connectivity index (χ1v) is 4.40. The molecule has 1 aromatic carbocycles. The zero-order valence-corrected chi connectivity index (χ0v) is 8.03. The average Bonchev–Trinajstić information content (AvgIpc) is 2.18. The van der Waals surface area contributed by atoms with Gasteiger partial charge in [-0.25, -0.2) is 0 Å². The van der Waals surface area contributed by atoms with Crippen LogP contribution < -0.4 is 4.74 Å². The molecule has 0 fully saturated rings. The third-order valence-corrected chi connectivity index (χ3v) is 1.74. The van der Waals surface area contributed by atoms with Crippen LogP contribution >= 0.6 is 0 Å². The molecular weight excluding hydrogens is 180 g/mol. The van der Waals surface area contributed by atoms with Gasteiger partial charge in [0.05, 0.1) is 6.61 Å². The highest BCUT2D eigenvalue weighted by molar-refractivity contribution is 5.75. The van der Waals surface area contributed by atoms with E-state index in [0.717, 1.165) is 6.29 Å². The number of hydrogen-bond donors (Lipinski definition) is 0. The second-order valence-electron chi connectivity index (χ2n) is 2.99. The van der Waals surface area contributed by atoms with Crippen molar-refractivity contribution in [2.24, 2.45) is 0 Å². The van der Waals surface area contributed by atoms with Gasteiger partial charge in [-0.05, 0) is 31.2 Å². The summed E-state index contributed by atoms with van der Waals surface area (Å²) in [6.45, 7) is 1.91. The Morgan fingerprint density at radius 3 is 2.50 bits per heavy atom. The van der Waals surface area contributed by atoms with E-state index < -0.39 is 0 Å².